The molecule has 0 N–H and O–H groups in total. The third-order valence-electron chi connectivity index (χ3n) is 1.99. The Morgan fingerprint density at radius 1 is 1.25 bits per heavy atom. The highest BCUT2D eigenvalue weighted by Gasteiger charge is 2.26. The number of halogens is 1. The molecule has 1 rings (SSSR count). The standard InChI is InChI=1S/C12H16IO2S/c1-12(2,13)11(14)15-9-5-7-10(8-6-9)16(3)4/h5-8H,1-4H3/q+1. The van der Waals surface area contributed by atoms with Gasteiger partial charge in [0.15, 0.2) is 4.90 Å². The summed E-state index contributed by atoms with van der Waals surface area (Å²) in [6.45, 7) is 3.67. The molecular formula is C12H16IO2S+. The Labute approximate surface area is 113 Å². The van der Waals surface area contributed by atoms with Crippen molar-refractivity contribution >= 4 is 39.5 Å². The summed E-state index contributed by atoms with van der Waals surface area (Å²) >= 11 is 2.07. The average Bonchev–Trinajstić information content (AvgIpc) is 2.17. The minimum Gasteiger partial charge on any atom is -0.426 e. The second-order valence-electron chi connectivity index (χ2n) is 4.15. The Morgan fingerprint density at radius 3 is 2.12 bits per heavy atom. The molecule has 0 bridgehead atoms. The lowest BCUT2D eigenvalue weighted by Gasteiger charge is -2.14. The SMILES string of the molecule is C[S+](C)c1ccc(OC(=O)C(C)(C)I)cc1. The normalized spacial score (nSPS) is 11.6. The Bertz CT molecular complexity index is 366. The van der Waals surface area contributed by atoms with Crippen LogP contribution in [0.2, 0.25) is 0 Å². The molecule has 0 atom stereocenters. The van der Waals surface area contributed by atoms with E-state index in [0.29, 0.717) is 5.75 Å². The van der Waals surface area contributed by atoms with Gasteiger partial charge in [0.25, 0.3) is 0 Å². The van der Waals surface area contributed by atoms with E-state index in [9.17, 15) is 4.79 Å². The smallest absolute Gasteiger partial charge is 0.326 e. The van der Waals surface area contributed by atoms with Crippen LogP contribution in [0.15, 0.2) is 29.2 Å². The van der Waals surface area contributed by atoms with Crippen molar-refractivity contribution in [1.29, 1.82) is 0 Å². The number of hydrogen-bond acceptors (Lipinski definition) is 2. The topological polar surface area (TPSA) is 26.3 Å². The summed E-state index contributed by atoms with van der Waals surface area (Å²) in [6.07, 6.45) is 4.32. The van der Waals surface area contributed by atoms with Gasteiger partial charge in [-0.2, -0.15) is 0 Å². The average molecular weight is 351 g/mol. The van der Waals surface area contributed by atoms with Gasteiger partial charge in [-0.25, -0.2) is 0 Å². The van der Waals surface area contributed by atoms with Crippen LogP contribution in [0.5, 0.6) is 5.75 Å². The lowest BCUT2D eigenvalue weighted by molar-refractivity contribution is -0.135. The molecule has 1 aromatic carbocycles. The van der Waals surface area contributed by atoms with E-state index in [-0.39, 0.29) is 16.9 Å². The molecule has 0 aliphatic rings. The van der Waals surface area contributed by atoms with Gasteiger partial charge < -0.3 is 4.74 Å². The van der Waals surface area contributed by atoms with Crippen LogP contribution in [-0.4, -0.2) is 21.9 Å². The number of alkyl halides is 1. The maximum absolute atomic E-state index is 11.6. The number of rotatable bonds is 3. The maximum atomic E-state index is 11.6. The van der Waals surface area contributed by atoms with Crippen LogP contribution >= 0.6 is 22.6 Å². The lowest BCUT2D eigenvalue weighted by atomic mass is 10.2. The molecule has 0 radical (unpaired) electrons. The third-order valence-corrected chi connectivity index (χ3v) is 3.65. The summed E-state index contributed by atoms with van der Waals surface area (Å²) in [4.78, 5) is 12.9. The number of carbonyl (C=O) groups is 1. The first-order valence-electron chi connectivity index (χ1n) is 4.89. The van der Waals surface area contributed by atoms with Crippen molar-refractivity contribution in [2.24, 2.45) is 0 Å². The van der Waals surface area contributed by atoms with E-state index < -0.39 is 3.42 Å². The molecule has 0 amide bonds. The summed E-state index contributed by atoms with van der Waals surface area (Å²) < 4.78 is 4.78. The fourth-order valence-corrected chi connectivity index (χ4v) is 1.80. The molecule has 0 saturated heterocycles. The molecule has 0 spiro atoms. The highest BCUT2D eigenvalue weighted by atomic mass is 127. The highest BCUT2D eigenvalue weighted by molar-refractivity contribution is 14.1. The van der Waals surface area contributed by atoms with E-state index in [1.54, 1.807) is 0 Å². The monoisotopic (exact) mass is 351 g/mol. The molecule has 0 heterocycles. The van der Waals surface area contributed by atoms with Gasteiger partial charge in [-0.1, -0.05) is 22.6 Å². The zero-order valence-corrected chi connectivity index (χ0v) is 12.9. The largest absolute Gasteiger partial charge is 0.426 e. The van der Waals surface area contributed by atoms with E-state index >= 15 is 0 Å². The lowest BCUT2D eigenvalue weighted by Crippen LogP contribution is -2.28. The first kappa shape index (κ1) is 13.8. The van der Waals surface area contributed by atoms with Gasteiger partial charge in [0.2, 0.25) is 0 Å². The van der Waals surface area contributed by atoms with Crippen molar-refractivity contribution in [1.82, 2.24) is 0 Å². The van der Waals surface area contributed by atoms with Gasteiger partial charge in [-0.15, -0.1) is 0 Å². The molecule has 0 fully saturated rings. The summed E-state index contributed by atoms with van der Waals surface area (Å²) in [7, 11) is 0.241. The van der Waals surface area contributed by atoms with Crippen molar-refractivity contribution < 1.29 is 9.53 Å². The van der Waals surface area contributed by atoms with Gasteiger partial charge in [0, 0.05) is 10.9 Å². The number of hydrogen-bond donors (Lipinski definition) is 0. The van der Waals surface area contributed by atoms with Gasteiger partial charge in [0.05, 0.1) is 0 Å². The van der Waals surface area contributed by atoms with Gasteiger partial charge >= 0.3 is 5.97 Å². The Morgan fingerprint density at radius 2 is 1.75 bits per heavy atom. The molecule has 0 aliphatic carbocycles. The van der Waals surface area contributed by atoms with Crippen LogP contribution in [0.25, 0.3) is 0 Å². The van der Waals surface area contributed by atoms with Gasteiger partial charge in [-0.05, 0) is 38.1 Å². The van der Waals surface area contributed by atoms with Crippen molar-refractivity contribution in [3.05, 3.63) is 24.3 Å². The van der Waals surface area contributed by atoms with E-state index in [1.165, 1.54) is 4.90 Å². The number of ether oxygens (including phenoxy) is 1. The quantitative estimate of drug-likeness (QED) is 0.275. The van der Waals surface area contributed by atoms with E-state index in [0.717, 1.165) is 0 Å². The summed E-state index contributed by atoms with van der Waals surface area (Å²) in [5, 5.41) is 0. The van der Waals surface area contributed by atoms with E-state index in [2.05, 4.69) is 35.1 Å². The van der Waals surface area contributed by atoms with Crippen LogP contribution in [0, 0.1) is 0 Å². The Hall–Kier alpha value is -0.230. The fourth-order valence-electron chi connectivity index (χ4n) is 1.01. The maximum Gasteiger partial charge on any atom is 0.326 e. The predicted octanol–water partition coefficient (Wildman–Crippen LogP) is 3.04. The molecule has 0 aromatic heterocycles. The number of esters is 1. The zero-order valence-electron chi connectivity index (χ0n) is 9.91. The minimum absolute atomic E-state index is 0.215. The van der Waals surface area contributed by atoms with Crippen molar-refractivity contribution in [2.45, 2.75) is 22.2 Å². The molecule has 0 saturated carbocycles. The molecule has 4 heteroatoms. The van der Waals surface area contributed by atoms with E-state index in [1.807, 2.05) is 38.1 Å². The predicted molar refractivity (Wildman–Crippen MR) is 77.7 cm³/mol. The summed E-state index contributed by atoms with van der Waals surface area (Å²) in [5.74, 6) is 0.400. The molecule has 2 nitrogen and oxygen atoms in total. The van der Waals surface area contributed by atoms with E-state index in [4.69, 9.17) is 4.74 Å². The van der Waals surface area contributed by atoms with Crippen LogP contribution in [0.3, 0.4) is 0 Å². The molecule has 0 unspecified atom stereocenters. The summed E-state index contributed by atoms with van der Waals surface area (Å²) in [5.41, 5.74) is 0. The molecule has 1 aromatic rings. The molecular weight excluding hydrogens is 335 g/mol. The Balaban J connectivity index is 2.73. The third kappa shape index (κ3) is 3.97. The highest BCUT2D eigenvalue weighted by Crippen LogP contribution is 2.22. The van der Waals surface area contributed by atoms with Gasteiger partial charge in [-0.3, -0.25) is 4.79 Å². The number of carbonyl (C=O) groups excluding carboxylic acids is 1. The van der Waals surface area contributed by atoms with Crippen LogP contribution < -0.4 is 4.74 Å². The fraction of sp³-hybridized carbons (Fsp3) is 0.417. The molecule has 16 heavy (non-hydrogen) atoms. The zero-order chi connectivity index (χ0) is 12.3. The Kier molecular flexibility index (Phi) is 4.67. The minimum atomic E-state index is -0.490. The van der Waals surface area contributed by atoms with Crippen molar-refractivity contribution in [2.75, 3.05) is 12.5 Å². The van der Waals surface area contributed by atoms with Crippen LogP contribution in [0.4, 0.5) is 0 Å². The summed E-state index contributed by atoms with van der Waals surface area (Å²) in [6, 6.07) is 7.71. The molecule has 0 aliphatic heterocycles. The second kappa shape index (κ2) is 5.40. The second-order valence-corrected chi connectivity index (χ2v) is 8.95. The molecule has 88 valence electrons. The first-order chi connectivity index (χ1) is 7.30. The van der Waals surface area contributed by atoms with Crippen molar-refractivity contribution in [3.63, 3.8) is 0 Å². The van der Waals surface area contributed by atoms with Crippen LogP contribution in [0.1, 0.15) is 13.8 Å². The first-order valence-corrected chi connectivity index (χ1v) is 8.01. The number of benzene rings is 1. The van der Waals surface area contributed by atoms with Crippen molar-refractivity contribution in [3.8, 4) is 5.75 Å². The van der Waals surface area contributed by atoms with Crippen LogP contribution in [-0.2, 0) is 15.7 Å². The van der Waals surface area contributed by atoms with Gasteiger partial charge in [0.1, 0.15) is 21.7 Å².